The van der Waals surface area contributed by atoms with Gasteiger partial charge in [-0.1, -0.05) is 159 Å². The van der Waals surface area contributed by atoms with E-state index in [4.69, 9.17) is 0 Å². The number of Topliss-reactive ketones (excluding diaryl/α,β-unsaturated/α-hetero) is 1. The van der Waals surface area contributed by atoms with Crippen molar-refractivity contribution in [2.24, 2.45) is 5.41 Å². The van der Waals surface area contributed by atoms with Crippen molar-refractivity contribution >= 4 is 5.78 Å². The number of carbonyl (C=O) groups is 1. The Balaban J connectivity index is 4.18. The summed E-state index contributed by atoms with van der Waals surface area (Å²) < 4.78 is 0. The van der Waals surface area contributed by atoms with E-state index < -0.39 is 0 Å². The van der Waals surface area contributed by atoms with Crippen LogP contribution in [0.5, 0.6) is 0 Å². The van der Waals surface area contributed by atoms with Gasteiger partial charge in [0.1, 0.15) is 5.78 Å². The molecule has 0 aliphatic rings. The molecule has 0 N–H and O–H groups in total. The molecule has 0 aromatic rings. The van der Waals surface area contributed by atoms with Crippen molar-refractivity contribution in [1.82, 2.24) is 4.90 Å². The molecule has 0 aliphatic heterocycles. The maximum absolute atomic E-state index is 12.9. The predicted molar refractivity (Wildman–Crippen MR) is 213 cm³/mol. The van der Waals surface area contributed by atoms with Gasteiger partial charge in [-0.25, -0.2) is 0 Å². The van der Waals surface area contributed by atoms with E-state index in [-0.39, 0.29) is 5.41 Å². The first kappa shape index (κ1) is 45.3. The van der Waals surface area contributed by atoms with E-state index in [0.717, 1.165) is 51.5 Å². The highest BCUT2D eigenvalue weighted by Crippen LogP contribution is 2.36. The quantitative estimate of drug-likeness (QED) is 0.0502. The van der Waals surface area contributed by atoms with Crippen molar-refractivity contribution in [3.8, 4) is 0 Å². The van der Waals surface area contributed by atoms with Crippen molar-refractivity contribution in [3.05, 3.63) is 60.8 Å². The van der Waals surface area contributed by atoms with E-state index in [0.29, 0.717) is 5.78 Å². The van der Waals surface area contributed by atoms with Crippen molar-refractivity contribution in [1.29, 1.82) is 0 Å². The summed E-state index contributed by atoms with van der Waals surface area (Å²) in [4.78, 5) is 15.1. The fourth-order valence-electron chi connectivity index (χ4n) is 6.35. The van der Waals surface area contributed by atoms with E-state index in [2.05, 4.69) is 101 Å². The molecule has 0 fully saturated rings. The minimum atomic E-state index is 0.190. The Morgan fingerprint density at radius 1 is 0.511 bits per heavy atom. The van der Waals surface area contributed by atoms with Gasteiger partial charge in [-0.05, 0) is 110 Å². The number of ketones is 1. The van der Waals surface area contributed by atoms with E-state index >= 15 is 0 Å². The summed E-state index contributed by atoms with van der Waals surface area (Å²) in [6.45, 7) is 7.88. The third-order valence-corrected chi connectivity index (χ3v) is 9.35. The summed E-state index contributed by atoms with van der Waals surface area (Å²) in [6.07, 6.45) is 56.0. The Labute approximate surface area is 295 Å². The van der Waals surface area contributed by atoms with Crippen LogP contribution in [0, 0.1) is 5.41 Å². The van der Waals surface area contributed by atoms with Gasteiger partial charge in [-0.15, -0.1) is 0 Å². The van der Waals surface area contributed by atoms with Crippen LogP contribution in [0.2, 0.25) is 0 Å². The van der Waals surface area contributed by atoms with E-state index in [1.54, 1.807) is 0 Å². The molecule has 47 heavy (non-hydrogen) atoms. The molecule has 0 amide bonds. The fourth-order valence-corrected chi connectivity index (χ4v) is 6.35. The van der Waals surface area contributed by atoms with Crippen LogP contribution >= 0.6 is 0 Å². The second kappa shape index (κ2) is 35.6. The molecule has 0 saturated heterocycles. The molecule has 0 aromatic carbocycles. The average molecular weight is 652 g/mol. The zero-order valence-electron chi connectivity index (χ0n) is 32.4. The minimum absolute atomic E-state index is 0.190. The summed E-state index contributed by atoms with van der Waals surface area (Å²) in [7, 11) is 4.20. The summed E-state index contributed by atoms with van der Waals surface area (Å²) >= 11 is 0. The van der Waals surface area contributed by atoms with Crippen molar-refractivity contribution in [2.75, 3.05) is 20.6 Å². The largest absolute Gasteiger partial charge is 0.309 e. The van der Waals surface area contributed by atoms with Crippen LogP contribution in [0.3, 0.4) is 0 Å². The van der Waals surface area contributed by atoms with Crippen molar-refractivity contribution in [3.63, 3.8) is 0 Å². The molecule has 0 bridgehead atoms. The first-order valence-electron chi connectivity index (χ1n) is 20.3. The lowest BCUT2D eigenvalue weighted by Crippen LogP contribution is -2.22. The lowest BCUT2D eigenvalue weighted by molar-refractivity contribution is -0.121. The SMILES string of the molecule is CC/C=C\C/C=C\C/C=C\CCCCCCCCC(C)(CCCCCCCC/C=C\C/C=C\CCCCC)CC(=O)CCCN(C)C. The number of rotatable bonds is 35. The van der Waals surface area contributed by atoms with Gasteiger partial charge in [0, 0.05) is 12.8 Å². The van der Waals surface area contributed by atoms with Gasteiger partial charge in [0.25, 0.3) is 0 Å². The van der Waals surface area contributed by atoms with E-state index in [1.165, 1.54) is 128 Å². The topological polar surface area (TPSA) is 20.3 Å². The Morgan fingerprint density at radius 3 is 1.36 bits per heavy atom. The first-order valence-corrected chi connectivity index (χ1v) is 20.3. The molecule has 0 rings (SSSR count). The fraction of sp³-hybridized carbons (Fsp3) is 0.756. The molecular formula is C45H81NO. The molecular weight excluding hydrogens is 571 g/mol. The van der Waals surface area contributed by atoms with Crippen LogP contribution in [0.25, 0.3) is 0 Å². The number of hydrogen-bond acceptors (Lipinski definition) is 2. The zero-order chi connectivity index (χ0) is 34.5. The molecule has 1 unspecified atom stereocenters. The van der Waals surface area contributed by atoms with Crippen molar-refractivity contribution < 1.29 is 4.79 Å². The van der Waals surface area contributed by atoms with Gasteiger partial charge in [-0.3, -0.25) is 4.79 Å². The van der Waals surface area contributed by atoms with Crippen LogP contribution in [0.15, 0.2) is 60.8 Å². The van der Waals surface area contributed by atoms with Gasteiger partial charge >= 0.3 is 0 Å². The molecule has 1 atom stereocenters. The maximum Gasteiger partial charge on any atom is 0.133 e. The number of carbonyl (C=O) groups excluding carboxylic acids is 1. The monoisotopic (exact) mass is 652 g/mol. The van der Waals surface area contributed by atoms with Crippen LogP contribution in [0.4, 0.5) is 0 Å². The highest BCUT2D eigenvalue weighted by atomic mass is 16.1. The normalized spacial score (nSPS) is 13.9. The molecule has 2 nitrogen and oxygen atoms in total. The smallest absolute Gasteiger partial charge is 0.133 e. The summed E-state index contributed by atoms with van der Waals surface area (Å²) in [5.41, 5.74) is 0.190. The Kier molecular flexibility index (Phi) is 34.4. The minimum Gasteiger partial charge on any atom is -0.309 e. The van der Waals surface area contributed by atoms with E-state index in [9.17, 15) is 4.79 Å². The lowest BCUT2D eigenvalue weighted by Gasteiger charge is -2.29. The highest BCUT2D eigenvalue weighted by molar-refractivity contribution is 5.79. The molecule has 0 heterocycles. The van der Waals surface area contributed by atoms with Gasteiger partial charge < -0.3 is 4.90 Å². The van der Waals surface area contributed by atoms with Crippen LogP contribution in [-0.4, -0.2) is 31.3 Å². The Hall–Kier alpha value is -1.67. The predicted octanol–water partition coefficient (Wildman–Crippen LogP) is 14.5. The summed E-state index contributed by atoms with van der Waals surface area (Å²) in [5.74, 6) is 0.492. The van der Waals surface area contributed by atoms with Gasteiger partial charge in [0.2, 0.25) is 0 Å². The van der Waals surface area contributed by atoms with Crippen LogP contribution in [-0.2, 0) is 4.79 Å². The first-order chi connectivity index (χ1) is 22.9. The Morgan fingerprint density at radius 2 is 0.915 bits per heavy atom. The third-order valence-electron chi connectivity index (χ3n) is 9.35. The number of nitrogens with zero attached hydrogens (tertiary/aromatic N) is 1. The number of hydrogen-bond donors (Lipinski definition) is 0. The number of unbranched alkanes of at least 4 members (excludes halogenated alkanes) is 15. The standard InChI is InChI=1S/C45H81NO/c1-6-8-10-12-14-16-18-20-22-24-26-28-30-32-34-36-40-45(3,43-44(47)39-38-42-46(4)5)41-37-35-33-31-29-27-25-23-21-19-17-15-13-11-9-7-2/h8,10,14-17,20-23H,6-7,9,11-13,18-19,24-43H2,1-5H3/b10-8-,16-14-,17-15-,22-20-,23-21-. The molecule has 2 heteroatoms. The summed E-state index contributed by atoms with van der Waals surface area (Å²) in [6, 6.07) is 0. The van der Waals surface area contributed by atoms with Crippen LogP contribution < -0.4 is 0 Å². The second-order valence-electron chi connectivity index (χ2n) is 14.7. The van der Waals surface area contributed by atoms with Crippen LogP contribution in [0.1, 0.15) is 194 Å². The van der Waals surface area contributed by atoms with E-state index in [1.807, 2.05) is 0 Å². The molecule has 0 spiro atoms. The zero-order valence-corrected chi connectivity index (χ0v) is 32.4. The molecule has 0 saturated carbocycles. The van der Waals surface area contributed by atoms with Gasteiger partial charge in [0.05, 0.1) is 0 Å². The highest BCUT2D eigenvalue weighted by Gasteiger charge is 2.26. The molecule has 0 radical (unpaired) electrons. The van der Waals surface area contributed by atoms with Crippen molar-refractivity contribution in [2.45, 2.75) is 194 Å². The third kappa shape index (κ3) is 35.5. The van der Waals surface area contributed by atoms with Gasteiger partial charge in [-0.2, -0.15) is 0 Å². The van der Waals surface area contributed by atoms with Gasteiger partial charge in [0.15, 0.2) is 0 Å². The molecule has 272 valence electrons. The molecule has 0 aromatic heterocycles. The lowest BCUT2D eigenvalue weighted by atomic mass is 9.75. The summed E-state index contributed by atoms with van der Waals surface area (Å²) in [5, 5.41) is 0. The Bertz CT molecular complexity index is 816. The second-order valence-corrected chi connectivity index (χ2v) is 14.7. The maximum atomic E-state index is 12.9. The molecule has 0 aliphatic carbocycles. The number of allylic oxidation sites excluding steroid dienone is 10. The average Bonchev–Trinajstić information content (AvgIpc) is 3.04.